The van der Waals surface area contributed by atoms with Crippen LogP contribution in [0.4, 0.5) is 0 Å². The first kappa shape index (κ1) is 17.7. The molecular formula is C19H20N2O5. The summed E-state index contributed by atoms with van der Waals surface area (Å²) in [6.45, 7) is 0. The van der Waals surface area contributed by atoms with Crippen LogP contribution in [0.25, 0.3) is 0 Å². The number of carbonyl (C=O) groups excluding carboxylic acids is 1. The molecule has 1 heterocycles. The van der Waals surface area contributed by atoms with Gasteiger partial charge in [-0.3, -0.25) is 4.79 Å². The van der Waals surface area contributed by atoms with Gasteiger partial charge in [0.1, 0.15) is 17.4 Å². The minimum absolute atomic E-state index is 0.0275. The van der Waals surface area contributed by atoms with Crippen LogP contribution in [-0.2, 0) is 9.53 Å². The van der Waals surface area contributed by atoms with Crippen molar-refractivity contribution in [1.82, 2.24) is 0 Å². The largest absolute Gasteiger partial charge is 0.493 e. The Balaban J connectivity index is 2.24. The molecule has 0 unspecified atom stereocenters. The molecule has 1 aromatic carbocycles. The maximum absolute atomic E-state index is 12.6. The van der Waals surface area contributed by atoms with E-state index in [9.17, 15) is 10.1 Å². The number of ketones is 1. The lowest BCUT2D eigenvalue weighted by Crippen LogP contribution is -2.27. The van der Waals surface area contributed by atoms with Gasteiger partial charge in [0.05, 0.1) is 27.2 Å². The molecule has 1 aliphatic heterocycles. The lowest BCUT2D eigenvalue weighted by Gasteiger charge is -2.31. The van der Waals surface area contributed by atoms with Crippen molar-refractivity contribution in [3.8, 4) is 23.3 Å². The summed E-state index contributed by atoms with van der Waals surface area (Å²) in [6.07, 6.45) is 1.73. The van der Waals surface area contributed by atoms with E-state index in [4.69, 9.17) is 24.7 Å². The number of hydrogen-bond donors (Lipinski definition) is 1. The quantitative estimate of drug-likeness (QED) is 0.884. The fourth-order valence-corrected chi connectivity index (χ4v) is 3.46. The molecule has 1 atom stereocenters. The van der Waals surface area contributed by atoms with Gasteiger partial charge in [-0.2, -0.15) is 5.26 Å². The van der Waals surface area contributed by atoms with E-state index in [-0.39, 0.29) is 17.2 Å². The highest BCUT2D eigenvalue weighted by molar-refractivity contribution is 5.99. The molecule has 0 bridgehead atoms. The fraction of sp³-hybridized carbons (Fsp3) is 0.368. The molecule has 1 aromatic rings. The summed E-state index contributed by atoms with van der Waals surface area (Å²) in [5, 5.41) is 9.63. The van der Waals surface area contributed by atoms with Crippen LogP contribution in [0, 0.1) is 11.3 Å². The Morgan fingerprint density at radius 3 is 2.35 bits per heavy atom. The number of rotatable bonds is 4. The number of carbonyl (C=O) groups is 1. The van der Waals surface area contributed by atoms with Gasteiger partial charge in [0, 0.05) is 18.4 Å². The number of ether oxygens (including phenoxy) is 4. The topological polar surface area (TPSA) is 104 Å². The van der Waals surface area contributed by atoms with Gasteiger partial charge in [-0.1, -0.05) is 0 Å². The van der Waals surface area contributed by atoms with E-state index in [1.54, 1.807) is 12.1 Å². The lowest BCUT2D eigenvalue weighted by atomic mass is 9.77. The molecule has 3 rings (SSSR count). The van der Waals surface area contributed by atoms with Crippen molar-refractivity contribution in [2.75, 3.05) is 21.3 Å². The summed E-state index contributed by atoms with van der Waals surface area (Å²) >= 11 is 0. The van der Waals surface area contributed by atoms with E-state index in [0.717, 1.165) is 0 Å². The van der Waals surface area contributed by atoms with Crippen molar-refractivity contribution in [1.29, 1.82) is 5.26 Å². The van der Waals surface area contributed by atoms with Gasteiger partial charge < -0.3 is 24.7 Å². The third kappa shape index (κ3) is 2.73. The van der Waals surface area contributed by atoms with Gasteiger partial charge in [0.2, 0.25) is 11.6 Å². The van der Waals surface area contributed by atoms with Gasteiger partial charge in [0.25, 0.3) is 0 Å². The van der Waals surface area contributed by atoms with E-state index in [1.165, 1.54) is 21.3 Å². The number of allylic oxidation sites excluding steroid dienone is 3. The van der Waals surface area contributed by atoms with Crippen molar-refractivity contribution in [3.63, 3.8) is 0 Å². The van der Waals surface area contributed by atoms with Crippen LogP contribution in [0.15, 0.2) is 34.9 Å². The Labute approximate surface area is 151 Å². The average molecular weight is 356 g/mol. The molecule has 26 heavy (non-hydrogen) atoms. The first-order valence-corrected chi connectivity index (χ1v) is 8.19. The Morgan fingerprint density at radius 1 is 1.15 bits per heavy atom. The molecule has 136 valence electrons. The van der Waals surface area contributed by atoms with E-state index in [2.05, 4.69) is 6.07 Å². The Morgan fingerprint density at radius 2 is 1.81 bits per heavy atom. The Hall–Kier alpha value is -3.14. The highest BCUT2D eigenvalue weighted by Gasteiger charge is 2.38. The first-order chi connectivity index (χ1) is 12.5. The van der Waals surface area contributed by atoms with Gasteiger partial charge in [-0.15, -0.1) is 0 Å². The summed E-state index contributed by atoms with van der Waals surface area (Å²) in [5.41, 5.74) is 7.31. The van der Waals surface area contributed by atoms with Crippen LogP contribution in [0.2, 0.25) is 0 Å². The summed E-state index contributed by atoms with van der Waals surface area (Å²) in [5.74, 6) is 1.22. The Bertz CT molecular complexity index is 838. The molecular weight excluding hydrogens is 336 g/mol. The van der Waals surface area contributed by atoms with E-state index in [1.807, 2.05) is 0 Å². The molecule has 1 aliphatic carbocycles. The second kappa shape index (κ2) is 7.00. The molecule has 2 aliphatic rings. The summed E-state index contributed by atoms with van der Waals surface area (Å²) in [6, 6.07) is 5.55. The monoisotopic (exact) mass is 356 g/mol. The first-order valence-electron chi connectivity index (χ1n) is 8.19. The Kier molecular flexibility index (Phi) is 4.76. The second-order valence-electron chi connectivity index (χ2n) is 6.00. The molecule has 0 amide bonds. The number of benzene rings is 1. The number of Topliss-reactive ketones (excluding diaryl/α,β-unsaturated/α-hetero) is 1. The van der Waals surface area contributed by atoms with E-state index in [0.29, 0.717) is 53.4 Å². The zero-order valence-corrected chi connectivity index (χ0v) is 14.9. The minimum atomic E-state index is -0.620. The van der Waals surface area contributed by atoms with Gasteiger partial charge in [-0.25, -0.2) is 0 Å². The molecule has 0 saturated heterocycles. The number of methoxy groups -OCH3 is 3. The highest BCUT2D eigenvalue weighted by atomic mass is 16.5. The zero-order chi connectivity index (χ0) is 18.8. The van der Waals surface area contributed by atoms with Crippen molar-refractivity contribution in [3.05, 3.63) is 40.5 Å². The number of nitrogens with zero attached hydrogens (tertiary/aromatic N) is 1. The third-order valence-electron chi connectivity index (χ3n) is 4.63. The standard InChI is InChI=1S/C19H20N2O5/c1-23-14-7-10(8-15(24-2)18(14)25-3)16-11(9-20)19(21)26-13-6-4-5-12(22)17(13)16/h7-8,16H,4-6,21H2,1-3H3/t16-/m1/s1. The fourth-order valence-electron chi connectivity index (χ4n) is 3.46. The molecule has 0 radical (unpaired) electrons. The van der Waals surface area contributed by atoms with Crippen molar-refractivity contribution in [2.24, 2.45) is 5.73 Å². The number of hydrogen-bond acceptors (Lipinski definition) is 7. The normalized spacial score (nSPS) is 19.5. The molecule has 0 fully saturated rings. The molecule has 0 saturated carbocycles. The summed E-state index contributed by atoms with van der Waals surface area (Å²) in [7, 11) is 4.53. The molecule has 2 N–H and O–H groups in total. The predicted molar refractivity (Wildman–Crippen MR) is 92.6 cm³/mol. The van der Waals surface area contributed by atoms with Crippen molar-refractivity contribution < 1.29 is 23.7 Å². The molecule has 7 nitrogen and oxygen atoms in total. The smallest absolute Gasteiger partial charge is 0.205 e. The molecule has 7 heteroatoms. The maximum Gasteiger partial charge on any atom is 0.205 e. The maximum atomic E-state index is 12.6. The molecule has 0 spiro atoms. The second-order valence-corrected chi connectivity index (χ2v) is 6.00. The SMILES string of the molecule is COc1cc([C@@H]2C(C#N)=C(N)OC3=C2C(=O)CCC3)cc(OC)c1OC. The lowest BCUT2D eigenvalue weighted by molar-refractivity contribution is -0.116. The zero-order valence-electron chi connectivity index (χ0n) is 14.9. The van der Waals surface area contributed by atoms with Gasteiger partial charge in [-0.05, 0) is 24.1 Å². The van der Waals surface area contributed by atoms with Crippen LogP contribution < -0.4 is 19.9 Å². The van der Waals surface area contributed by atoms with Crippen LogP contribution in [-0.4, -0.2) is 27.1 Å². The van der Waals surface area contributed by atoms with Crippen molar-refractivity contribution >= 4 is 5.78 Å². The van der Waals surface area contributed by atoms with Crippen LogP contribution in [0.5, 0.6) is 17.2 Å². The van der Waals surface area contributed by atoms with Crippen LogP contribution in [0.3, 0.4) is 0 Å². The predicted octanol–water partition coefficient (Wildman–Crippen LogP) is 2.53. The third-order valence-corrected chi connectivity index (χ3v) is 4.63. The average Bonchev–Trinajstić information content (AvgIpc) is 2.65. The number of nitrogens with two attached hydrogens (primary N) is 1. The van der Waals surface area contributed by atoms with Crippen molar-refractivity contribution in [2.45, 2.75) is 25.2 Å². The van der Waals surface area contributed by atoms with E-state index < -0.39 is 5.92 Å². The van der Waals surface area contributed by atoms with Crippen LogP contribution >= 0.6 is 0 Å². The summed E-state index contributed by atoms with van der Waals surface area (Å²) < 4.78 is 21.7. The minimum Gasteiger partial charge on any atom is -0.493 e. The van der Waals surface area contributed by atoms with Crippen LogP contribution in [0.1, 0.15) is 30.7 Å². The number of nitriles is 1. The van der Waals surface area contributed by atoms with E-state index >= 15 is 0 Å². The summed E-state index contributed by atoms with van der Waals surface area (Å²) in [4.78, 5) is 12.6. The van der Waals surface area contributed by atoms with Gasteiger partial charge in [0.15, 0.2) is 17.3 Å². The highest BCUT2D eigenvalue weighted by Crippen LogP contribution is 2.47. The molecule has 0 aromatic heterocycles. The van der Waals surface area contributed by atoms with Gasteiger partial charge >= 0.3 is 0 Å².